The van der Waals surface area contributed by atoms with Gasteiger partial charge in [-0.3, -0.25) is 9.48 Å². The summed E-state index contributed by atoms with van der Waals surface area (Å²) in [5.74, 6) is 0.924. The average Bonchev–Trinajstić information content (AvgIpc) is 3.52. The summed E-state index contributed by atoms with van der Waals surface area (Å²) >= 11 is 1.27. The normalized spacial score (nSPS) is 12.2. The van der Waals surface area contributed by atoms with Gasteiger partial charge in [-0.1, -0.05) is 30.3 Å². The van der Waals surface area contributed by atoms with Crippen molar-refractivity contribution in [3.05, 3.63) is 110 Å². The van der Waals surface area contributed by atoms with Crippen molar-refractivity contribution in [2.45, 2.75) is 13.8 Å². The molecule has 5 rings (SSSR count). The first-order valence-corrected chi connectivity index (χ1v) is 11.8. The number of nitrogens with zero attached hydrogens (tertiary/aromatic N) is 5. The van der Waals surface area contributed by atoms with E-state index in [9.17, 15) is 9.18 Å². The van der Waals surface area contributed by atoms with E-state index in [4.69, 9.17) is 9.41 Å². The van der Waals surface area contributed by atoms with Gasteiger partial charge in [-0.2, -0.15) is 5.10 Å². The van der Waals surface area contributed by atoms with Gasteiger partial charge >= 0.3 is 0 Å². The van der Waals surface area contributed by atoms with E-state index in [2.05, 4.69) is 5.10 Å². The summed E-state index contributed by atoms with van der Waals surface area (Å²) in [6.07, 6.45) is 1.54. The van der Waals surface area contributed by atoms with Gasteiger partial charge in [-0.05, 0) is 50.2 Å². The maximum absolute atomic E-state index is 14.7. The van der Waals surface area contributed by atoms with Crippen molar-refractivity contribution in [2.75, 3.05) is 0 Å². The van der Waals surface area contributed by atoms with Crippen LogP contribution in [0.5, 0.6) is 0 Å². The third-order valence-electron chi connectivity index (χ3n) is 5.63. The van der Waals surface area contributed by atoms with E-state index < -0.39 is 0 Å². The van der Waals surface area contributed by atoms with Crippen LogP contribution in [0.15, 0.2) is 91.4 Å². The lowest BCUT2D eigenvalue weighted by Crippen LogP contribution is -2.20. The molecule has 35 heavy (non-hydrogen) atoms. The number of hydrogen-bond acceptors (Lipinski definition) is 5. The number of aromatic nitrogens is 3. The minimum absolute atomic E-state index is 0.255. The molecular weight excluding hydrogens is 465 g/mol. The van der Waals surface area contributed by atoms with Gasteiger partial charge in [-0.25, -0.2) is 18.7 Å². The Morgan fingerprint density at radius 3 is 2.46 bits per heavy atom. The number of halogens is 1. The second-order valence-corrected chi connectivity index (χ2v) is 8.75. The third-order valence-corrected chi connectivity index (χ3v) is 6.44. The van der Waals surface area contributed by atoms with Crippen molar-refractivity contribution >= 4 is 23.2 Å². The number of para-hydroxylation sites is 1. The highest BCUT2D eigenvalue weighted by Crippen LogP contribution is 2.24. The number of benzene rings is 2. The fourth-order valence-electron chi connectivity index (χ4n) is 3.76. The second-order valence-electron chi connectivity index (χ2n) is 7.91. The lowest BCUT2D eigenvalue weighted by Gasteiger charge is -2.07. The van der Waals surface area contributed by atoms with Crippen LogP contribution < -0.4 is 10.4 Å². The van der Waals surface area contributed by atoms with E-state index in [-0.39, 0.29) is 17.1 Å². The minimum Gasteiger partial charge on any atom is -0.460 e. The molecule has 0 aliphatic rings. The molecule has 176 valence electrons. The molecule has 0 radical (unpaired) electrons. The van der Waals surface area contributed by atoms with Gasteiger partial charge in [0.15, 0.2) is 5.69 Å². The topological polar surface area (TPSA) is 69.7 Å². The molecule has 0 aliphatic heterocycles. The van der Waals surface area contributed by atoms with Crippen LogP contribution in [0.3, 0.4) is 0 Å². The van der Waals surface area contributed by atoms with Gasteiger partial charge in [0, 0.05) is 18.0 Å². The van der Waals surface area contributed by atoms with Crippen LogP contribution in [0.2, 0.25) is 0 Å². The Labute approximate surface area is 204 Å². The third kappa shape index (κ3) is 4.22. The largest absolute Gasteiger partial charge is 0.460 e. The maximum atomic E-state index is 14.7. The lowest BCUT2D eigenvalue weighted by molar-refractivity contribution is 0.527. The Bertz CT molecular complexity index is 1670. The molecule has 0 saturated carbocycles. The molecule has 0 amide bonds. The molecule has 0 saturated heterocycles. The maximum Gasteiger partial charge on any atom is 0.297 e. The monoisotopic (exact) mass is 487 g/mol. The number of thiazole rings is 1. The van der Waals surface area contributed by atoms with Crippen LogP contribution in [0, 0.1) is 19.7 Å². The van der Waals surface area contributed by atoms with E-state index in [1.165, 1.54) is 22.1 Å². The smallest absolute Gasteiger partial charge is 0.297 e. The van der Waals surface area contributed by atoms with Crippen molar-refractivity contribution < 1.29 is 8.81 Å². The highest BCUT2D eigenvalue weighted by molar-refractivity contribution is 7.07. The van der Waals surface area contributed by atoms with Gasteiger partial charge in [0.1, 0.15) is 17.3 Å². The van der Waals surface area contributed by atoms with Gasteiger partial charge in [0.25, 0.3) is 5.56 Å². The molecule has 5 aromatic rings. The van der Waals surface area contributed by atoms with Gasteiger partial charge in [-0.15, -0.1) is 11.3 Å². The number of aryl methyl sites for hydroxylation is 1. The van der Waals surface area contributed by atoms with E-state index in [1.807, 2.05) is 57.3 Å². The Morgan fingerprint density at radius 1 is 1.00 bits per heavy atom. The van der Waals surface area contributed by atoms with Gasteiger partial charge in [0.05, 0.1) is 23.3 Å². The molecule has 0 aliphatic carbocycles. The van der Waals surface area contributed by atoms with Crippen LogP contribution in [-0.2, 0) is 7.05 Å². The Kier molecular flexibility index (Phi) is 5.92. The lowest BCUT2D eigenvalue weighted by atomic mass is 10.1. The number of rotatable bonds is 5. The highest BCUT2D eigenvalue weighted by Gasteiger charge is 2.17. The summed E-state index contributed by atoms with van der Waals surface area (Å²) in [5.41, 5.74) is 2.36. The fourth-order valence-corrected chi connectivity index (χ4v) is 4.59. The van der Waals surface area contributed by atoms with E-state index >= 15 is 0 Å². The molecule has 3 aromatic heterocycles. The molecule has 0 bridgehead atoms. The van der Waals surface area contributed by atoms with Gasteiger partial charge < -0.3 is 4.42 Å². The minimum atomic E-state index is -0.378. The molecule has 0 atom stereocenters. The van der Waals surface area contributed by atoms with E-state index in [0.717, 1.165) is 11.4 Å². The second kappa shape index (κ2) is 9.19. The molecule has 0 N–H and O–H groups in total. The summed E-state index contributed by atoms with van der Waals surface area (Å²) in [5, 5.41) is 6.32. The van der Waals surface area contributed by atoms with E-state index in [1.54, 1.807) is 45.2 Å². The number of hydrogen-bond donors (Lipinski definition) is 0. The molecule has 0 unspecified atom stereocenters. The Morgan fingerprint density at radius 2 is 1.74 bits per heavy atom. The number of furan rings is 1. The molecule has 0 spiro atoms. The van der Waals surface area contributed by atoms with Crippen LogP contribution in [0.1, 0.15) is 17.2 Å². The first-order chi connectivity index (χ1) is 16.9. The van der Waals surface area contributed by atoms with Crippen LogP contribution in [-0.4, -0.2) is 20.3 Å². The highest BCUT2D eigenvalue weighted by atomic mass is 32.1. The van der Waals surface area contributed by atoms with Crippen molar-refractivity contribution in [3.63, 3.8) is 0 Å². The van der Waals surface area contributed by atoms with Gasteiger partial charge in [0.2, 0.25) is 4.80 Å². The molecule has 2 aromatic carbocycles. The predicted molar refractivity (Wildman–Crippen MR) is 135 cm³/mol. The summed E-state index contributed by atoms with van der Waals surface area (Å²) in [4.78, 5) is 18.5. The summed E-state index contributed by atoms with van der Waals surface area (Å²) in [7, 11) is 1.81. The molecular formula is C26H22FN5O2S. The molecule has 0 fully saturated rings. The van der Waals surface area contributed by atoms with Crippen LogP contribution >= 0.6 is 11.3 Å². The standard InChI is InChI=1S/C26H22FN5O2S/c1-17-13-14-20(34-17)15-28-31-23(21-11-7-8-12-22(21)27)16-35-26(31)29-24-18(2)30(3)32(25(24)33)19-9-5-4-6-10-19/h4-16H,1-3H3. The summed E-state index contributed by atoms with van der Waals surface area (Å²) < 4.78 is 25.1. The molecule has 7 nitrogen and oxygen atoms in total. The summed E-state index contributed by atoms with van der Waals surface area (Å²) in [6, 6.07) is 19.5. The van der Waals surface area contributed by atoms with Crippen LogP contribution in [0.4, 0.5) is 10.1 Å². The zero-order chi connectivity index (χ0) is 24.5. The first kappa shape index (κ1) is 22.5. The Hall–Kier alpha value is -4.24. The average molecular weight is 488 g/mol. The van der Waals surface area contributed by atoms with Crippen molar-refractivity contribution in [1.29, 1.82) is 0 Å². The zero-order valence-corrected chi connectivity index (χ0v) is 20.2. The molecule has 3 heterocycles. The predicted octanol–water partition coefficient (Wildman–Crippen LogP) is 5.17. The van der Waals surface area contributed by atoms with Crippen molar-refractivity contribution in [2.24, 2.45) is 17.1 Å². The molecule has 9 heteroatoms. The summed E-state index contributed by atoms with van der Waals surface area (Å²) in [6.45, 7) is 3.68. The zero-order valence-electron chi connectivity index (χ0n) is 19.3. The first-order valence-electron chi connectivity index (χ1n) is 10.9. The Balaban J connectivity index is 1.71. The van der Waals surface area contributed by atoms with E-state index in [0.29, 0.717) is 27.5 Å². The fraction of sp³-hybridized carbons (Fsp3) is 0.115. The SMILES string of the molecule is Cc1ccc(C=Nn2c(-c3ccccc3F)csc2=Nc2c(C)n(C)n(-c3ccccc3)c2=O)o1. The van der Waals surface area contributed by atoms with Crippen molar-refractivity contribution in [3.8, 4) is 16.9 Å². The van der Waals surface area contributed by atoms with Crippen LogP contribution in [0.25, 0.3) is 16.9 Å². The quantitative estimate of drug-likeness (QED) is 0.321. The van der Waals surface area contributed by atoms with Crippen molar-refractivity contribution in [1.82, 2.24) is 14.0 Å².